The number of aliphatic hydroxyl groups excluding tert-OH is 1. The van der Waals surface area contributed by atoms with Gasteiger partial charge in [0.05, 0.1) is 12.2 Å². The van der Waals surface area contributed by atoms with E-state index in [4.69, 9.17) is 4.74 Å². The van der Waals surface area contributed by atoms with E-state index in [0.29, 0.717) is 0 Å². The molecular weight excluding hydrogens is 292 g/mol. The van der Waals surface area contributed by atoms with Crippen LogP contribution in [0.25, 0.3) is 0 Å². The van der Waals surface area contributed by atoms with Crippen molar-refractivity contribution in [3.05, 3.63) is 58.0 Å². The number of rotatable bonds is 5. The standard InChI is InChI=1S/C18H24N2O3/c1-13-7-5-6-8-15(13)23-12-14(21)11-20-17(22)10-9-16(19-20)18(2,3)4/h5-10,14,21H,11-12H2,1-4H3. The van der Waals surface area contributed by atoms with Gasteiger partial charge >= 0.3 is 0 Å². The van der Waals surface area contributed by atoms with Crippen LogP contribution >= 0.6 is 0 Å². The van der Waals surface area contributed by atoms with Gasteiger partial charge in [0.15, 0.2) is 0 Å². The molecule has 1 unspecified atom stereocenters. The summed E-state index contributed by atoms with van der Waals surface area (Å²) < 4.78 is 6.91. The van der Waals surface area contributed by atoms with Gasteiger partial charge in [-0.1, -0.05) is 39.0 Å². The monoisotopic (exact) mass is 316 g/mol. The zero-order valence-electron chi connectivity index (χ0n) is 14.1. The molecule has 0 saturated heterocycles. The molecule has 0 bridgehead atoms. The lowest BCUT2D eigenvalue weighted by atomic mass is 9.92. The van der Waals surface area contributed by atoms with Crippen molar-refractivity contribution in [3.8, 4) is 5.75 Å². The number of benzene rings is 1. The number of aliphatic hydroxyl groups is 1. The molecule has 1 aromatic heterocycles. The second kappa shape index (κ2) is 6.96. The van der Waals surface area contributed by atoms with E-state index in [1.807, 2.05) is 52.0 Å². The average molecular weight is 316 g/mol. The summed E-state index contributed by atoms with van der Waals surface area (Å²) in [4.78, 5) is 11.9. The van der Waals surface area contributed by atoms with Gasteiger partial charge in [0.1, 0.15) is 18.5 Å². The van der Waals surface area contributed by atoms with E-state index >= 15 is 0 Å². The maximum absolute atomic E-state index is 11.9. The summed E-state index contributed by atoms with van der Waals surface area (Å²) in [5.74, 6) is 0.732. The van der Waals surface area contributed by atoms with Crippen molar-refractivity contribution in [2.45, 2.75) is 45.8 Å². The van der Waals surface area contributed by atoms with Crippen molar-refractivity contribution >= 4 is 0 Å². The molecular formula is C18H24N2O3. The van der Waals surface area contributed by atoms with Gasteiger partial charge in [0, 0.05) is 11.5 Å². The molecule has 124 valence electrons. The van der Waals surface area contributed by atoms with E-state index in [-0.39, 0.29) is 24.1 Å². The van der Waals surface area contributed by atoms with Crippen molar-refractivity contribution in [1.82, 2.24) is 9.78 Å². The molecule has 5 heteroatoms. The van der Waals surface area contributed by atoms with Crippen molar-refractivity contribution in [2.75, 3.05) is 6.61 Å². The first-order chi connectivity index (χ1) is 10.8. The molecule has 0 aliphatic heterocycles. The Bertz CT molecular complexity index is 717. The minimum Gasteiger partial charge on any atom is -0.491 e. The third-order valence-corrected chi connectivity index (χ3v) is 3.54. The maximum Gasteiger partial charge on any atom is 0.266 e. The second-order valence-electron chi connectivity index (χ2n) is 6.72. The molecule has 0 radical (unpaired) electrons. The van der Waals surface area contributed by atoms with E-state index in [9.17, 15) is 9.90 Å². The van der Waals surface area contributed by atoms with Crippen LogP contribution in [0.1, 0.15) is 32.0 Å². The minimum atomic E-state index is -0.810. The first-order valence-electron chi connectivity index (χ1n) is 7.72. The average Bonchev–Trinajstić information content (AvgIpc) is 2.47. The predicted octanol–water partition coefficient (Wildman–Crippen LogP) is 2.29. The molecule has 0 aliphatic rings. The normalized spacial score (nSPS) is 12.9. The van der Waals surface area contributed by atoms with Crippen molar-refractivity contribution in [1.29, 1.82) is 0 Å². The van der Waals surface area contributed by atoms with Crippen LogP contribution in [-0.4, -0.2) is 27.6 Å². The van der Waals surface area contributed by atoms with E-state index in [1.165, 1.54) is 10.7 Å². The van der Waals surface area contributed by atoms with Gasteiger partial charge in [-0.2, -0.15) is 5.10 Å². The van der Waals surface area contributed by atoms with E-state index < -0.39 is 6.10 Å². The third kappa shape index (κ3) is 4.66. The number of nitrogens with zero attached hydrogens (tertiary/aromatic N) is 2. The van der Waals surface area contributed by atoms with Crippen LogP contribution in [0.3, 0.4) is 0 Å². The van der Waals surface area contributed by atoms with Crippen molar-refractivity contribution in [3.63, 3.8) is 0 Å². The first kappa shape index (κ1) is 17.2. The molecule has 23 heavy (non-hydrogen) atoms. The SMILES string of the molecule is Cc1ccccc1OCC(O)Cn1nc(C(C)(C)C)ccc1=O. The largest absolute Gasteiger partial charge is 0.491 e. The van der Waals surface area contributed by atoms with E-state index in [2.05, 4.69) is 5.10 Å². The van der Waals surface area contributed by atoms with Gasteiger partial charge in [0.2, 0.25) is 0 Å². The Balaban J connectivity index is 2.04. The summed E-state index contributed by atoms with van der Waals surface area (Å²) in [6, 6.07) is 10.8. The number of ether oxygens (including phenoxy) is 1. The molecule has 1 N–H and O–H groups in total. The summed E-state index contributed by atoms with van der Waals surface area (Å²) in [7, 11) is 0. The molecule has 0 saturated carbocycles. The highest BCUT2D eigenvalue weighted by atomic mass is 16.5. The molecule has 2 rings (SSSR count). The van der Waals surface area contributed by atoms with E-state index in [0.717, 1.165) is 17.0 Å². The summed E-state index contributed by atoms with van der Waals surface area (Å²) in [5, 5.41) is 14.5. The van der Waals surface area contributed by atoms with Crippen molar-refractivity contribution in [2.24, 2.45) is 0 Å². The Kier molecular flexibility index (Phi) is 5.21. The lowest BCUT2D eigenvalue weighted by Crippen LogP contribution is -2.33. The Morgan fingerprint density at radius 2 is 1.91 bits per heavy atom. The quantitative estimate of drug-likeness (QED) is 0.919. The van der Waals surface area contributed by atoms with Gasteiger partial charge in [-0.25, -0.2) is 4.68 Å². The van der Waals surface area contributed by atoms with Crippen LogP contribution in [0, 0.1) is 6.92 Å². The molecule has 0 aliphatic carbocycles. The molecule has 0 spiro atoms. The lowest BCUT2D eigenvalue weighted by Gasteiger charge is -2.19. The van der Waals surface area contributed by atoms with Crippen LogP contribution in [0.5, 0.6) is 5.75 Å². The van der Waals surface area contributed by atoms with Gasteiger partial charge in [-0.15, -0.1) is 0 Å². The lowest BCUT2D eigenvalue weighted by molar-refractivity contribution is 0.0872. The van der Waals surface area contributed by atoms with Crippen molar-refractivity contribution < 1.29 is 9.84 Å². The second-order valence-corrected chi connectivity index (χ2v) is 6.72. The zero-order valence-corrected chi connectivity index (χ0v) is 14.1. The molecule has 5 nitrogen and oxygen atoms in total. The molecule has 2 aromatic rings. The van der Waals surface area contributed by atoms with Gasteiger partial charge in [-0.3, -0.25) is 4.79 Å². The Morgan fingerprint density at radius 3 is 2.57 bits per heavy atom. The van der Waals surface area contributed by atoms with E-state index in [1.54, 1.807) is 6.07 Å². The highest BCUT2D eigenvalue weighted by Gasteiger charge is 2.17. The summed E-state index contributed by atoms with van der Waals surface area (Å²) >= 11 is 0. The molecule has 0 fully saturated rings. The minimum absolute atomic E-state index is 0.106. The number of aromatic nitrogens is 2. The highest BCUT2D eigenvalue weighted by Crippen LogP contribution is 2.18. The Hall–Kier alpha value is -2.14. The van der Waals surface area contributed by atoms with Crippen LogP contribution < -0.4 is 10.3 Å². The van der Waals surface area contributed by atoms with Crippen LogP contribution in [0.2, 0.25) is 0 Å². The molecule has 1 heterocycles. The fourth-order valence-electron chi connectivity index (χ4n) is 2.14. The van der Waals surface area contributed by atoms with Gasteiger partial charge in [0.25, 0.3) is 5.56 Å². The number of aryl methyl sites for hydroxylation is 1. The fraction of sp³-hybridized carbons (Fsp3) is 0.444. The maximum atomic E-state index is 11.9. The first-order valence-corrected chi connectivity index (χ1v) is 7.72. The number of hydrogen-bond donors (Lipinski definition) is 1. The summed E-state index contributed by atoms with van der Waals surface area (Å²) in [6.45, 7) is 8.25. The summed E-state index contributed by atoms with van der Waals surface area (Å²) in [5.41, 5.74) is 1.43. The zero-order chi connectivity index (χ0) is 17.0. The van der Waals surface area contributed by atoms with Crippen LogP contribution in [0.15, 0.2) is 41.2 Å². The smallest absolute Gasteiger partial charge is 0.266 e. The molecule has 1 aromatic carbocycles. The fourth-order valence-corrected chi connectivity index (χ4v) is 2.14. The number of hydrogen-bond acceptors (Lipinski definition) is 4. The predicted molar refractivity (Wildman–Crippen MR) is 89.9 cm³/mol. The molecule has 0 amide bonds. The topological polar surface area (TPSA) is 64.3 Å². The molecule has 1 atom stereocenters. The highest BCUT2D eigenvalue weighted by molar-refractivity contribution is 5.31. The third-order valence-electron chi connectivity index (χ3n) is 3.54. The Morgan fingerprint density at radius 1 is 1.22 bits per heavy atom. The van der Waals surface area contributed by atoms with Crippen LogP contribution in [-0.2, 0) is 12.0 Å². The Labute approximate surface area is 136 Å². The van der Waals surface area contributed by atoms with Gasteiger partial charge < -0.3 is 9.84 Å². The van der Waals surface area contributed by atoms with Crippen LogP contribution in [0.4, 0.5) is 0 Å². The summed E-state index contributed by atoms with van der Waals surface area (Å²) in [6.07, 6.45) is -0.810. The number of para-hydroxylation sites is 1. The van der Waals surface area contributed by atoms with Gasteiger partial charge in [-0.05, 0) is 24.6 Å².